The van der Waals surface area contributed by atoms with Crippen LogP contribution in [0.15, 0.2) is 0 Å². The van der Waals surface area contributed by atoms with Crippen LogP contribution >= 0.6 is 0 Å². The first-order chi connectivity index (χ1) is 9.34. The second-order valence-corrected chi connectivity index (χ2v) is 8.18. The molecule has 1 aliphatic rings. The molecule has 0 saturated carbocycles. The van der Waals surface area contributed by atoms with Crippen molar-refractivity contribution in [2.24, 2.45) is 5.92 Å². The first-order valence-electron chi connectivity index (χ1n) is 7.74. The van der Waals surface area contributed by atoms with E-state index in [-0.39, 0.29) is 0 Å². The Kier molecular flexibility index (Phi) is 7.43. The molecule has 1 atom stereocenters. The van der Waals surface area contributed by atoms with Gasteiger partial charge in [0.25, 0.3) is 0 Å². The number of rotatable bonds is 8. The van der Waals surface area contributed by atoms with Gasteiger partial charge in [0.15, 0.2) is 0 Å². The van der Waals surface area contributed by atoms with Crippen LogP contribution in [0, 0.1) is 5.92 Å². The fourth-order valence-corrected chi connectivity index (χ4v) is 3.51. The first kappa shape index (κ1) is 17.9. The van der Waals surface area contributed by atoms with Gasteiger partial charge in [0.05, 0.1) is 6.26 Å². The monoisotopic (exact) mass is 305 g/mol. The molecular weight excluding hydrogens is 274 g/mol. The molecule has 0 aromatic rings. The molecule has 0 radical (unpaired) electrons. The number of nitrogens with zero attached hydrogens (tertiary/aromatic N) is 2. The Hall–Kier alpha value is -0.170. The number of sulfonamides is 1. The normalized spacial score (nSPS) is 20.4. The van der Waals surface area contributed by atoms with Gasteiger partial charge in [-0.25, -0.2) is 8.42 Å². The summed E-state index contributed by atoms with van der Waals surface area (Å²) in [6.07, 6.45) is 3.64. The summed E-state index contributed by atoms with van der Waals surface area (Å²) in [5.41, 5.74) is 0. The quantitative estimate of drug-likeness (QED) is 0.726. The number of hydrogen-bond donors (Lipinski definition) is 1. The van der Waals surface area contributed by atoms with Gasteiger partial charge in [-0.15, -0.1) is 0 Å². The van der Waals surface area contributed by atoms with Crippen LogP contribution in [-0.4, -0.2) is 69.2 Å². The highest BCUT2D eigenvalue weighted by Crippen LogP contribution is 2.12. The van der Waals surface area contributed by atoms with Gasteiger partial charge in [-0.2, -0.15) is 4.31 Å². The van der Waals surface area contributed by atoms with E-state index in [0.717, 1.165) is 26.2 Å². The smallest absolute Gasteiger partial charge is 0.211 e. The molecule has 1 aliphatic heterocycles. The standard InChI is InChI=1S/C14H31N3O2S/c1-5-6-14(12-15-11-13(2)3)16-7-9-17(10-8-16)20(4,18)19/h13-15H,5-12H2,1-4H3. The Morgan fingerprint density at radius 2 is 1.70 bits per heavy atom. The summed E-state index contributed by atoms with van der Waals surface area (Å²) in [4.78, 5) is 2.44. The molecule has 120 valence electrons. The Morgan fingerprint density at radius 3 is 2.15 bits per heavy atom. The fraction of sp³-hybridized carbons (Fsp3) is 1.00. The summed E-state index contributed by atoms with van der Waals surface area (Å²) < 4.78 is 24.7. The molecule has 0 spiro atoms. The van der Waals surface area contributed by atoms with E-state index in [1.807, 2.05) is 0 Å². The van der Waals surface area contributed by atoms with Crippen molar-refractivity contribution in [2.75, 3.05) is 45.5 Å². The number of hydrogen-bond acceptors (Lipinski definition) is 4. The summed E-state index contributed by atoms with van der Waals surface area (Å²) in [6.45, 7) is 11.6. The van der Waals surface area contributed by atoms with Gasteiger partial charge in [0, 0.05) is 38.8 Å². The SMILES string of the molecule is CCCC(CNCC(C)C)N1CCN(S(C)(=O)=O)CC1. The van der Waals surface area contributed by atoms with Crippen molar-refractivity contribution < 1.29 is 8.42 Å². The molecule has 1 saturated heterocycles. The lowest BCUT2D eigenvalue weighted by atomic mass is 10.1. The maximum absolute atomic E-state index is 11.5. The van der Waals surface area contributed by atoms with Crippen molar-refractivity contribution in [1.82, 2.24) is 14.5 Å². The third-order valence-electron chi connectivity index (χ3n) is 3.81. The lowest BCUT2D eigenvalue weighted by Gasteiger charge is -2.38. The van der Waals surface area contributed by atoms with Gasteiger partial charge in [0.1, 0.15) is 0 Å². The number of nitrogens with one attached hydrogen (secondary N) is 1. The molecular formula is C14H31N3O2S. The third-order valence-corrected chi connectivity index (χ3v) is 5.12. The lowest BCUT2D eigenvalue weighted by Crippen LogP contribution is -2.54. The molecule has 0 amide bonds. The topological polar surface area (TPSA) is 52.6 Å². The van der Waals surface area contributed by atoms with Crippen LogP contribution in [0.2, 0.25) is 0 Å². The minimum Gasteiger partial charge on any atom is -0.315 e. The molecule has 0 aliphatic carbocycles. The molecule has 1 N–H and O–H groups in total. The van der Waals surface area contributed by atoms with E-state index in [2.05, 4.69) is 31.0 Å². The van der Waals surface area contributed by atoms with Crippen molar-refractivity contribution >= 4 is 10.0 Å². The van der Waals surface area contributed by atoms with Crippen molar-refractivity contribution in [3.63, 3.8) is 0 Å². The summed E-state index contributed by atoms with van der Waals surface area (Å²) >= 11 is 0. The minimum atomic E-state index is -3.02. The lowest BCUT2D eigenvalue weighted by molar-refractivity contribution is 0.128. The highest BCUT2D eigenvalue weighted by atomic mass is 32.2. The zero-order valence-corrected chi connectivity index (χ0v) is 14.2. The van der Waals surface area contributed by atoms with E-state index in [0.29, 0.717) is 25.0 Å². The van der Waals surface area contributed by atoms with Gasteiger partial charge in [-0.05, 0) is 18.9 Å². The molecule has 1 unspecified atom stereocenters. The summed E-state index contributed by atoms with van der Waals surface area (Å²) in [6, 6.07) is 0.528. The van der Waals surface area contributed by atoms with Crippen LogP contribution in [0.5, 0.6) is 0 Å². The molecule has 1 rings (SSSR count). The molecule has 1 heterocycles. The maximum Gasteiger partial charge on any atom is 0.211 e. The van der Waals surface area contributed by atoms with Crippen molar-refractivity contribution in [3.8, 4) is 0 Å². The van der Waals surface area contributed by atoms with Crippen LogP contribution in [-0.2, 0) is 10.0 Å². The average molecular weight is 305 g/mol. The van der Waals surface area contributed by atoms with Crippen LogP contribution < -0.4 is 5.32 Å². The van der Waals surface area contributed by atoms with E-state index in [1.165, 1.54) is 19.1 Å². The van der Waals surface area contributed by atoms with Crippen molar-refractivity contribution in [3.05, 3.63) is 0 Å². The van der Waals surface area contributed by atoms with E-state index in [1.54, 1.807) is 4.31 Å². The fourth-order valence-electron chi connectivity index (χ4n) is 2.69. The second-order valence-electron chi connectivity index (χ2n) is 6.19. The zero-order chi connectivity index (χ0) is 15.2. The highest BCUT2D eigenvalue weighted by molar-refractivity contribution is 7.88. The van der Waals surface area contributed by atoms with E-state index >= 15 is 0 Å². The van der Waals surface area contributed by atoms with Crippen molar-refractivity contribution in [1.29, 1.82) is 0 Å². The molecule has 0 bridgehead atoms. The second kappa shape index (κ2) is 8.32. The van der Waals surface area contributed by atoms with Crippen LogP contribution in [0.1, 0.15) is 33.6 Å². The minimum absolute atomic E-state index is 0.528. The summed E-state index contributed by atoms with van der Waals surface area (Å²) in [7, 11) is -3.02. The predicted molar refractivity (Wildman–Crippen MR) is 84.4 cm³/mol. The highest BCUT2D eigenvalue weighted by Gasteiger charge is 2.27. The van der Waals surface area contributed by atoms with Gasteiger partial charge in [-0.1, -0.05) is 27.2 Å². The molecule has 1 fully saturated rings. The van der Waals surface area contributed by atoms with Crippen LogP contribution in [0.25, 0.3) is 0 Å². The van der Waals surface area contributed by atoms with Crippen molar-refractivity contribution in [2.45, 2.75) is 39.7 Å². The van der Waals surface area contributed by atoms with E-state index in [4.69, 9.17) is 0 Å². The molecule has 0 aromatic carbocycles. The maximum atomic E-state index is 11.5. The Labute approximate surface area is 124 Å². The first-order valence-corrected chi connectivity index (χ1v) is 9.59. The molecule has 0 aromatic heterocycles. The Bertz CT molecular complexity index is 363. The Balaban J connectivity index is 2.45. The van der Waals surface area contributed by atoms with Gasteiger partial charge < -0.3 is 5.32 Å². The molecule has 5 nitrogen and oxygen atoms in total. The molecule has 20 heavy (non-hydrogen) atoms. The van der Waals surface area contributed by atoms with Gasteiger partial charge in [0.2, 0.25) is 10.0 Å². The zero-order valence-electron chi connectivity index (χ0n) is 13.4. The largest absolute Gasteiger partial charge is 0.315 e. The third kappa shape index (κ3) is 6.08. The van der Waals surface area contributed by atoms with E-state index < -0.39 is 10.0 Å². The van der Waals surface area contributed by atoms with Crippen LogP contribution in [0.3, 0.4) is 0 Å². The van der Waals surface area contributed by atoms with E-state index in [9.17, 15) is 8.42 Å². The predicted octanol–water partition coefficient (Wildman–Crippen LogP) is 0.978. The van der Waals surface area contributed by atoms with Crippen LogP contribution in [0.4, 0.5) is 0 Å². The average Bonchev–Trinajstić information content (AvgIpc) is 2.36. The molecule has 6 heteroatoms. The summed E-state index contributed by atoms with van der Waals surface area (Å²) in [5, 5.41) is 3.53. The summed E-state index contributed by atoms with van der Waals surface area (Å²) in [5.74, 6) is 0.666. The number of piperazine rings is 1. The van der Waals surface area contributed by atoms with Gasteiger partial charge in [-0.3, -0.25) is 4.90 Å². The Morgan fingerprint density at radius 1 is 1.10 bits per heavy atom. The van der Waals surface area contributed by atoms with Gasteiger partial charge >= 0.3 is 0 Å².